The van der Waals surface area contributed by atoms with E-state index in [0.29, 0.717) is 19.7 Å². The Balaban J connectivity index is 1.67. The molecule has 0 fully saturated rings. The molecule has 0 spiro atoms. The smallest absolute Gasteiger partial charge is 0.333 e. The molecule has 172 valence electrons. The molecule has 0 aliphatic heterocycles. The van der Waals surface area contributed by atoms with Crippen LogP contribution in [0.5, 0.6) is 0 Å². The van der Waals surface area contributed by atoms with Crippen molar-refractivity contribution in [2.45, 2.75) is 26.2 Å². The fourth-order valence-electron chi connectivity index (χ4n) is 3.51. The number of rotatable bonds is 10. The number of hydrogen-bond acceptors (Lipinski definition) is 7. The molecule has 11 nitrogen and oxygen atoms in total. The Labute approximate surface area is 188 Å². The van der Waals surface area contributed by atoms with Crippen LogP contribution in [0.15, 0.2) is 64.7 Å². The van der Waals surface area contributed by atoms with Gasteiger partial charge in [0.15, 0.2) is 11.2 Å². The van der Waals surface area contributed by atoms with Crippen molar-refractivity contribution in [3.63, 3.8) is 0 Å². The summed E-state index contributed by atoms with van der Waals surface area (Å²) in [6.45, 7) is 0.873. The largest absolute Gasteiger partial charge is 0.462 e. The summed E-state index contributed by atoms with van der Waals surface area (Å²) in [5.41, 5.74) is 0.119. The molecule has 0 N–H and O–H groups in total. The SMILES string of the molecule is COCCn1cnc2c1c(=O)n(CC(=O)OCCn1cccn1)c(=O)n2Cc1ccccc1. The zero-order valence-corrected chi connectivity index (χ0v) is 18.2. The summed E-state index contributed by atoms with van der Waals surface area (Å²) in [7, 11) is 1.56. The molecule has 33 heavy (non-hydrogen) atoms. The average molecular weight is 452 g/mol. The summed E-state index contributed by atoms with van der Waals surface area (Å²) in [5, 5.41) is 4.04. The van der Waals surface area contributed by atoms with Crippen molar-refractivity contribution in [2.24, 2.45) is 0 Å². The first-order valence-electron chi connectivity index (χ1n) is 10.4. The van der Waals surface area contributed by atoms with E-state index in [-0.39, 0.29) is 24.3 Å². The second kappa shape index (κ2) is 10.1. The molecule has 0 radical (unpaired) electrons. The van der Waals surface area contributed by atoms with Gasteiger partial charge in [-0.2, -0.15) is 5.10 Å². The maximum absolute atomic E-state index is 13.3. The number of esters is 1. The van der Waals surface area contributed by atoms with Gasteiger partial charge in [-0.05, 0) is 11.6 Å². The van der Waals surface area contributed by atoms with E-state index in [2.05, 4.69) is 10.1 Å². The van der Waals surface area contributed by atoms with E-state index >= 15 is 0 Å². The Bertz CT molecular complexity index is 1340. The maximum Gasteiger partial charge on any atom is 0.333 e. The van der Waals surface area contributed by atoms with Crippen LogP contribution in [0.4, 0.5) is 0 Å². The van der Waals surface area contributed by atoms with E-state index in [1.807, 2.05) is 30.3 Å². The maximum atomic E-state index is 13.3. The number of carbonyl (C=O) groups is 1. The van der Waals surface area contributed by atoms with Gasteiger partial charge in [0.1, 0.15) is 13.2 Å². The minimum atomic E-state index is -0.685. The summed E-state index contributed by atoms with van der Waals surface area (Å²) in [5.74, 6) is -0.685. The van der Waals surface area contributed by atoms with Crippen LogP contribution in [0.1, 0.15) is 5.56 Å². The molecular formula is C22H24N6O5. The molecule has 0 atom stereocenters. The van der Waals surface area contributed by atoms with Crippen molar-refractivity contribution in [1.29, 1.82) is 0 Å². The van der Waals surface area contributed by atoms with Gasteiger partial charge < -0.3 is 14.0 Å². The summed E-state index contributed by atoms with van der Waals surface area (Å²) >= 11 is 0. The molecule has 0 saturated carbocycles. The lowest BCUT2D eigenvalue weighted by atomic mass is 10.2. The highest BCUT2D eigenvalue weighted by Crippen LogP contribution is 2.10. The van der Waals surface area contributed by atoms with Gasteiger partial charge >= 0.3 is 11.7 Å². The molecule has 3 aromatic heterocycles. The first-order valence-corrected chi connectivity index (χ1v) is 10.4. The van der Waals surface area contributed by atoms with Gasteiger partial charge in [-0.25, -0.2) is 14.3 Å². The highest BCUT2D eigenvalue weighted by atomic mass is 16.5. The van der Waals surface area contributed by atoms with Crippen LogP contribution in [-0.2, 0) is 40.4 Å². The molecule has 3 heterocycles. The summed E-state index contributed by atoms with van der Waals surface area (Å²) in [6, 6.07) is 11.1. The number of fused-ring (bicyclic) bond motifs is 1. The van der Waals surface area contributed by atoms with Gasteiger partial charge in [-0.15, -0.1) is 0 Å². The number of aromatic nitrogens is 6. The zero-order chi connectivity index (χ0) is 23.2. The molecule has 4 rings (SSSR count). The molecule has 0 aliphatic carbocycles. The molecule has 0 bridgehead atoms. The third-order valence-corrected chi connectivity index (χ3v) is 5.13. The predicted molar refractivity (Wildman–Crippen MR) is 119 cm³/mol. The molecule has 0 unspecified atom stereocenters. The molecule has 11 heteroatoms. The van der Waals surface area contributed by atoms with Gasteiger partial charge in [0.2, 0.25) is 0 Å². The number of imidazole rings is 1. The van der Waals surface area contributed by atoms with E-state index in [1.54, 1.807) is 34.8 Å². The number of carbonyl (C=O) groups excluding carboxylic acids is 1. The second-order valence-electron chi connectivity index (χ2n) is 7.34. The first-order chi connectivity index (χ1) is 16.1. The predicted octanol–water partition coefficient (Wildman–Crippen LogP) is 0.494. The number of hydrogen-bond donors (Lipinski definition) is 0. The minimum absolute atomic E-state index is 0.0709. The van der Waals surface area contributed by atoms with Crippen LogP contribution in [0, 0.1) is 0 Å². The van der Waals surface area contributed by atoms with Crippen LogP contribution in [0.2, 0.25) is 0 Å². The monoisotopic (exact) mass is 452 g/mol. The van der Waals surface area contributed by atoms with E-state index in [0.717, 1.165) is 10.1 Å². The number of ether oxygens (including phenoxy) is 2. The normalized spacial score (nSPS) is 11.2. The number of benzene rings is 1. The van der Waals surface area contributed by atoms with Gasteiger partial charge in [0.05, 0.1) is 26.0 Å². The Kier molecular flexibility index (Phi) is 6.79. The van der Waals surface area contributed by atoms with Crippen molar-refractivity contribution >= 4 is 17.1 Å². The van der Waals surface area contributed by atoms with Crippen LogP contribution in [0.3, 0.4) is 0 Å². The molecule has 4 aromatic rings. The standard InChI is InChI=1S/C22H24N6O5/c1-32-12-10-25-16-23-20-19(25)21(30)28(15-18(29)33-13-11-26-9-5-8-24-26)22(31)27(20)14-17-6-3-2-4-7-17/h2-9,16H,10-15H2,1H3. The van der Waals surface area contributed by atoms with Crippen LogP contribution in [-0.4, -0.2) is 54.8 Å². The fraction of sp³-hybridized carbons (Fsp3) is 0.318. The van der Waals surface area contributed by atoms with E-state index < -0.39 is 23.8 Å². The minimum Gasteiger partial charge on any atom is -0.462 e. The van der Waals surface area contributed by atoms with Crippen LogP contribution < -0.4 is 11.2 Å². The Morgan fingerprint density at radius 3 is 2.58 bits per heavy atom. The third kappa shape index (κ3) is 4.93. The van der Waals surface area contributed by atoms with Crippen molar-refractivity contribution in [2.75, 3.05) is 20.3 Å². The fourth-order valence-corrected chi connectivity index (χ4v) is 3.51. The zero-order valence-electron chi connectivity index (χ0n) is 18.2. The van der Waals surface area contributed by atoms with Gasteiger partial charge in [0, 0.05) is 26.0 Å². The van der Waals surface area contributed by atoms with Crippen LogP contribution in [0.25, 0.3) is 11.2 Å². The Morgan fingerprint density at radius 1 is 1.03 bits per heavy atom. The molecule has 1 aromatic carbocycles. The highest BCUT2D eigenvalue weighted by molar-refractivity contribution is 5.72. The Hall–Kier alpha value is -3.99. The van der Waals surface area contributed by atoms with Crippen LogP contribution >= 0.6 is 0 Å². The average Bonchev–Trinajstić information content (AvgIpc) is 3.49. The van der Waals surface area contributed by atoms with Gasteiger partial charge in [-0.1, -0.05) is 30.3 Å². The lowest BCUT2D eigenvalue weighted by molar-refractivity contribution is -0.144. The lowest BCUT2D eigenvalue weighted by Gasteiger charge is -2.13. The molecule has 0 aliphatic rings. The van der Waals surface area contributed by atoms with Crippen molar-refractivity contribution in [1.82, 2.24) is 28.5 Å². The topological polar surface area (TPSA) is 115 Å². The summed E-state index contributed by atoms with van der Waals surface area (Å²) < 4.78 is 15.9. The first kappa shape index (κ1) is 22.2. The quantitative estimate of drug-likeness (QED) is 0.322. The molecular weight excluding hydrogens is 428 g/mol. The van der Waals surface area contributed by atoms with Crippen molar-refractivity contribution in [3.8, 4) is 0 Å². The third-order valence-electron chi connectivity index (χ3n) is 5.13. The van der Waals surface area contributed by atoms with Gasteiger partial charge in [0.25, 0.3) is 5.56 Å². The van der Waals surface area contributed by atoms with E-state index in [9.17, 15) is 14.4 Å². The number of methoxy groups -OCH3 is 1. The van der Waals surface area contributed by atoms with Crippen molar-refractivity contribution < 1.29 is 14.3 Å². The highest BCUT2D eigenvalue weighted by Gasteiger charge is 2.20. The van der Waals surface area contributed by atoms with E-state index in [4.69, 9.17) is 9.47 Å². The lowest BCUT2D eigenvalue weighted by Crippen LogP contribution is -2.42. The molecule has 0 amide bonds. The second-order valence-corrected chi connectivity index (χ2v) is 7.34. The van der Waals surface area contributed by atoms with Gasteiger partial charge in [-0.3, -0.25) is 18.8 Å². The van der Waals surface area contributed by atoms with E-state index in [1.165, 1.54) is 10.9 Å². The Morgan fingerprint density at radius 2 is 1.85 bits per heavy atom. The summed E-state index contributed by atoms with van der Waals surface area (Å²) in [4.78, 5) is 43.2. The molecule has 0 saturated heterocycles. The van der Waals surface area contributed by atoms with Crippen molar-refractivity contribution in [3.05, 3.63) is 81.5 Å². The summed E-state index contributed by atoms with van der Waals surface area (Å²) in [6.07, 6.45) is 4.87. The number of nitrogens with zero attached hydrogens (tertiary/aromatic N) is 6.